The van der Waals surface area contributed by atoms with Crippen molar-refractivity contribution in [2.24, 2.45) is 0 Å². The summed E-state index contributed by atoms with van der Waals surface area (Å²) < 4.78 is 0. The van der Waals surface area contributed by atoms with E-state index in [1.54, 1.807) is 6.07 Å². The summed E-state index contributed by atoms with van der Waals surface area (Å²) in [4.78, 5) is 10.2. The molecule has 0 aliphatic heterocycles. The molecule has 0 spiro atoms. The lowest BCUT2D eigenvalue weighted by Crippen LogP contribution is -2.43. The van der Waals surface area contributed by atoms with Gasteiger partial charge in [-0.25, -0.2) is 0 Å². The summed E-state index contributed by atoms with van der Waals surface area (Å²) >= 11 is 6.09. The third-order valence-electron chi connectivity index (χ3n) is 3.91. The molecular weight excluding hydrogens is 264 g/mol. The summed E-state index contributed by atoms with van der Waals surface area (Å²) in [6.07, 6.45) is 6.19. The van der Waals surface area contributed by atoms with E-state index in [1.807, 2.05) is 0 Å². The number of nitrogens with zero attached hydrogens (tertiary/aromatic N) is 1. The van der Waals surface area contributed by atoms with E-state index < -0.39 is 4.92 Å². The minimum absolute atomic E-state index is 0.0395. The van der Waals surface area contributed by atoms with Crippen molar-refractivity contribution in [3.8, 4) is 0 Å². The Hall–Kier alpha value is -1.13. The predicted molar refractivity (Wildman–Crippen MR) is 76.4 cm³/mol. The van der Waals surface area contributed by atoms with Crippen LogP contribution in [0.3, 0.4) is 0 Å². The average Bonchev–Trinajstić information content (AvgIpc) is 2.38. The number of nitro benzene ring substituents is 1. The molecule has 1 aromatic carbocycles. The highest BCUT2D eigenvalue weighted by molar-refractivity contribution is 6.31. The molecule has 0 heterocycles. The molecule has 1 aliphatic carbocycles. The van der Waals surface area contributed by atoms with Crippen molar-refractivity contribution < 1.29 is 4.92 Å². The SMILES string of the molecule is CC1(NCc2ccc([N+](=O)[O-])cc2Cl)CCCCC1. The summed E-state index contributed by atoms with van der Waals surface area (Å²) in [6.45, 7) is 2.90. The molecule has 1 aromatic rings. The Bertz CT molecular complexity index is 471. The van der Waals surface area contributed by atoms with Gasteiger partial charge in [0.2, 0.25) is 0 Å². The van der Waals surface area contributed by atoms with E-state index >= 15 is 0 Å². The van der Waals surface area contributed by atoms with Crippen LogP contribution in [0.2, 0.25) is 5.02 Å². The minimum atomic E-state index is -0.425. The maximum Gasteiger partial charge on any atom is 0.270 e. The lowest BCUT2D eigenvalue weighted by atomic mass is 9.83. The molecule has 1 N–H and O–H groups in total. The van der Waals surface area contributed by atoms with Crippen LogP contribution in [0.25, 0.3) is 0 Å². The molecule has 0 unspecified atom stereocenters. The lowest BCUT2D eigenvalue weighted by Gasteiger charge is -2.35. The standard InChI is InChI=1S/C14H19ClN2O2/c1-14(7-3-2-4-8-14)16-10-11-5-6-12(17(18)19)9-13(11)15/h5-6,9,16H,2-4,7-8,10H2,1H3. The largest absolute Gasteiger partial charge is 0.307 e. The summed E-state index contributed by atoms with van der Waals surface area (Å²) in [5, 5.41) is 14.7. The Morgan fingerprint density at radius 2 is 2.05 bits per heavy atom. The van der Waals surface area contributed by atoms with Crippen molar-refractivity contribution in [2.45, 2.75) is 51.1 Å². The molecule has 4 nitrogen and oxygen atoms in total. The molecule has 0 aromatic heterocycles. The Balaban J connectivity index is 2.01. The number of nitro groups is 1. The first-order valence-corrected chi connectivity index (χ1v) is 7.06. The fourth-order valence-corrected chi connectivity index (χ4v) is 2.85. The zero-order chi connectivity index (χ0) is 13.9. The summed E-state index contributed by atoms with van der Waals surface area (Å²) in [5.41, 5.74) is 1.13. The highest BCUT2D eigenvalue weighted by Gasteiger charge is 2.26. The number of hydrogen-bond acceptors (Lipinski definition) is 3. The fourth-order valence-electron chi connectivity index (χ4n) is 2.61. The number of benzene rings is 1. The Morgan fingerprint density at radius 3 is 2.63 bits per heavy atom. The fraction of sp³-hybridized carbons (Fsp3) is 0.571. The van der Waals surface area contributed by atoms with Crippen LogP contribution < -0.4 is 5.32 Å². The second kappa shape index (κ2) is 5.88. The Morgan fingerprint density at radius 1 is 1.37 bits per heavy atom. The molecule has 2 rings (SSSR count). The second-order valence-corrected chi connectivity index (χ2v) is 5.91. The van der Waals surface area contributed by atoms with E-state index in [2.05, 4.69) is 12.2 Å². The zero-order valence-electron chi connectivity index (χ0n) is 11.1. The van der Waals surface area contributed by atoms with Gasteiger partial charge >= 0.3 is 0 Å². The van der Waals surface area contributed by atoms with E-state index in [4.69, 9.17) is 11.6 Å². The summed E-state index contributed by atoms with van der Waals surface area (Å²) in [5.74, 6) is 0. The maximum absolute atomic E-state index is 10.7. The molecular formula is C14H19ClN2O2. The molecule has 1 aliphatic rings. The molecule has 5 heteroatoms. The van der Waals surface area contributed by atoms with Crippen molar-refractivity contribution >= 4 is 17.3 Å². The van der Waals surface area contributed by atoms with E-state index in [0.717, 1.165) is 5.56 Å². The Kier molecular flexibility index (Phi) is 4.42. The third kappa shape index (κ3) is 3.67. The van der Waals surface area contributed by atoms with E-state index in [-0.39, 0.29) is 11.2 Å². The highest BCUT2D eigenvalue weighted by Crippen LogP contribution is 2.29. The highest BCUT2D eigenvalue weighted by atomic mass is 35.5. The van der Waals surface area contributed by atoms with Crippen LogP contribution in [0.15, 0.2) is 18.2 Å². The summed E-state index contributed by atoms with van der Waals surface area (Å²) in [7, 11) is 0. The minimum Gasteiger partial charge on any atom is -0.307 e. The monoisotopic (exact) mass is 282 g/mol. The van der Waals surface area contributed by atoms with Gasteiger partial charge in [-0.2, -0.15) is 0 Å². The number of nitrogens with one attached hydrogen (secondary N) is 1. The quantitative estimate of drug-likeness (QED) is 0.669. The first-order chi connectivity index (χ1) is 9.00. The lowest BCUT2D eigenvalue weighted by molar-refractivity contribution is -0.384. The van der Waals surface area contributed by atoms with Crippen LogP contribution in [0, 0.1) is 10.1 Å². The second-order valence-electron chi connectivity index (χ2n) is 5.51. The van der Waals surface area contributed by atoms with Crippen molar-refractivity contribution in [1.82, 2.24) is 5.32 Å². The van der Waals surface area contributed by atoms with Gasteiger partial charge in [0.1, 0.15) is 0 Å². The van der Waals surface area contributed by atoms with Crippen molar-refractivity contribution in [2.75, 3.05) is 0 Å². The first kappa shape index (κ1) is 14.3. The molecule has 0 amide bonds. The van der Waals surface area contributed by atoms with Gasteiger partial charge < -0.3 is 5.32 Å². The molecule has 0 radical (unpaired) electrons. The Labute approximate surface area is 118 Å². The van der Waals surface area contributed by atoms with Gasteiger partial charge in [-0.05, 0) is 31.4 Å². The number of hydrogen-bond donors (Lipinski definition) is 1. The molecule has 0 atom stereocenters. The van der Waals surface area contributed by atoms with Gasteiger partial charge in [0, 0.05) is 24.2 Å². The number of rotatable bonds is 4. The van der Waals surface area contributed by atoms with Gasteiger partial charge in [0.15, 0.2) is 0 Å². The number of non-ortho nitro benzene ring substituents is 1. The van der Waals surface area contributed by atoms with Crippen molar-refractivity contribution in [3.63, 3.8) is 0 Å². The van der Waals surface area contributed by atoms with Crippen LogP contribution >= 0.6 is 11.6 Å². The van der Waals surface area contributed by atoms with Gasteiger partial charge in [0.05, 0.1) is 9.95 Å². The van der Waals surface area contributed by atoms with Gasteiger partial charge in [-0.15, -0.1) is 0 Å². The molecule has 0 bridgehead atoms. The smallest absolute Gasteiger partial charge is 0.270 e. The van der Waals surface area contributed by atoms with Crippen molar-refractivity contribution in [3.05, 3.63) is 38.9 Å². The third-order valence-corrected chi connectivity index (χ3v) is 4.26. The molecule has 19 heavy (non-hydrogen) atoms. The van der Waals surface area contributed by atoms with Crippen LogP contribution in [0.4, 0.5) is 5.69 Å². The van der Waals surface area contributed by atoms with Crippen LogP contribution in [-0.2, 0) is 6.54 Å². The van der Waals surface area contributed by atoms with Gasteiger partial charge in [-0.1, -0.05) is 30.9 Å². The summed E-state index contributed by atoms with van der Waals surface area (Å²) in [6, 6.07) is 4.66. The maximum atomic E-state index is 10.7. The van der Waals surface area contributed by atoms with Crippen LogP contribution in [0.1, 0.15) is 44.6 Å². The first-order valence-electron chi connectivity index (χ1n) is 6.68. The van der Waals surface area contributed by atoms with Crippen LogP contribution in [-0.4, -0.2) is 10.5 Å². The van der Waals surface area contributed by atoms with E-state index in [0.29, 0.717) is 11.6 Å². The molecule has 1 fully saturated rings. The average molecular weight is 283 g/mol. The van der Waals surface area contributed by atoms with E-state index in [9.17, 15) is 10.1 Å². The van der Waals surface area contributed by atoms with E-state index in [1.165, 1.54) is 44.2 Å². The van der Waals surface area contributed by atoms with Crippen molar-refractivity contribution in [1.29, 1.82) is 0 Å². The van der Waals surface area contributed by atoms with Crippen LogP contribution in [0.5, 0.6) is 0 Å². The normalized spacial score (nSPS) is 18.2. The zero-order valence-corrected chi connectivity index (χ0v) is 11.9. The van der Waals surface area contributed by atoms with Gasteiger partial charge in [-0.3, -0.25) is 10.1 Å². The van der Waals surface area contributed by atoms with Gasteiger partial charge in [0.25, 0.3) is 5.69 Å². The molecule has 1 saturated carbocycles. The number of halogens is 1. The molecule has 104 valence electrons. The predicted octanol–water partition coefficient (Wildman–Crippen LogP) is 4.06. The topological polar surface area (TPSA) is 55.2 Å². The molecule has 0 saturated heterocycles.